The minimum absolute atomic E-state index is 0.519. The second-order valence-corrected chi connectivity index (χ2v) is 4.04. The number of aliphatic hydroxyl groups excluding tert-OH is 1. The number of pyridine rings is 1. The molecule has 1 aromatic carbocycles. The van der Waals surface area contributed by atoms with Crippen LogP contribution in [-0.4, -0.2) is 10.1 Å². The zero-order valence-corrected chi connectivity index (χ0v) is 10.0. The zero-order chi connectivity index (χ0) is 12.8. The van der Waals surface area contributed by atoms with Crippen molar-refractivity contribution in [1.82, 2.24) is 4.98 Å². The van der Waals surface area contributed by atoms with Crippen LogP contribution in [0.15, 0.2) is 54.7 Å². The van der Waals surface area contributed by atoms with Crippen LogP contribution in [0.3, 0.4) is 0 Å². The van der Waals surface area contributed by atoms with Crippen molar-refractivity contribution in [3.05, 3.63) is 66.0 Å². The second-order valence-electron chi connectivity index (χ2n) is 4.04. The first-order chi connectivity index (χ1) is 8.77. The predicted octanol–water partition coefficient (Wildman–Crippen LogP) is 2.80. The molecule has 0 aliphatic rings. The summed E-state index contributed by atoms with van der Waals surface area (Å²) in [6.45, 7) is 0. The second kappa shape index (κ2) is 5.98. The van der Waals surface area contributed by atoms with E-state index in [0.29, 0.717) is 12.1 Å². The molecule has 0 aliphatic heterocycles. The third kappa shape index (κ3) is 3.18. The molecule has 0 spiro atoms. The Morgan fingerprint density at radius 3 is 2.67 bits per heavy atom. The van der Waals surface area contributed by atoms with Gasteiger partial charge in [-0.2, -0.15) is 0 Å². The smallest absolute Gasteiger partial charge is 0.0994 e. The fraction of sp³-hybridized carbons (Fsp3) is 0.133. The topological polar surface area (TPSA) is 59.1 Å². The molecule has 3 N–H and O–H groups in total. The maximum Gasteiger partial charge on any atom is 0.0994 e. The van der Waals surface area contributed by atoms with Crippen molar-refractivity contribution in [2.75, 3.05) is 5.73 Å². The van der Waals surface area contributed by atoms with Crippen molar-refractivity contribution >= 4 is 11.8 Å². The Balaban J connectivity index is 1.98. The SMILES string of the molecule is Nc1ccccc1/C=C/CC(O)c1ccccn1. The van der Waals surface area contributed by atoms with Crippen molar-refractivity contribution in [2.24, 2.45) is 0 Å². The van der Waals surface area contributed by atoms with Crippen LogP contribution in [0.1, 0.15) is 23.8 Å². The Bertz CT molecular complexity index is 523. The third-order valence-corrected chi connectivity index (χ3v) is 2.68. The molecule has 2 aromatic rings. The van der Waals surface area contributed by atoms with Gasteiger partial charge in [-0.15, -0.1) is 0 Å². The van der Waals surface area contributed by atoms with E-state index in [4.69, 9.17) is 5.73 Å². The number of nitrogen functional groups attached to an aromatic ring is 1. The van der Waals surface area contributed by atoms with Crippen LogP contribution < -0.4 is 5.73 Å². The number of benzene rings is 1. The van der Waals surface area contributed by atoms with Crippen molar-refractivity contribution in [3.8, 4) is 0 Å². The molecule has 92 valence electrons. The molecule has 0 fully saturated rings. The van der Waals surface area contributed by atoms with E-state index in [0.717, 1.165) is 11.3 Å². The molecule has 3 nitrogen and oxygen atoms in total. The van der Waals surface area contributed by atoms with E-state index in [1.807, 2.05) is 54.6 Å². The van der Waals surface area contributed by atoms with E-state index in [2.05, 4.69) is 4.98 Å². The first-order valence-electron chi connectivity index (χ1n) is 5.87. The number of aromatic nitrogens is 1. The number of hydrogen-bond donors (Lipinski definition) is 2. The standard InChI is InChI=1S/C15H16N2O/c16-13-8-2-1-6-12(13)7-5-10-15(18)14-9-3-4-11-17-14/h1-9,11,15,18H,10,16H2/b7-5+. The lowest BCUT2D eigenvalue weighted by Gasteiger charge is -2.06. The molecule has 0 radical (unpaired) electrons. The van der Waals surface area contributed by atoms with Crippen LogP contribution in [0.5, 0.6) is 0 Å². The quantitative estimate of drug-likeness (QED) is 0.808. The Kier molecular flexibility index (Phi) is 4.10. The molecule has 1 atom stereocenters. The highest BCUT2D eigenvalue weighted by Gasteiger charge is 2.05. The van der Waals surface area contributed by atoms with E-state index >= 15 is 0 Å². The Hall–Kier alpha value is -2.13. The summed E-state index contributed by atoms with van der Waals surface area (Å²) in [5.74, 6) is 0. The lowest BCUT2D eigenvalue weighted by Crippen LogP contribution is -1.97. The van der Waals surface area contributed by atoms with E-state index in [-0.39, 0.29) is 0 Å². The van der Waals surface area contributed by atoms with Crippen LogP contribution in [-0.2, 0) is 0 Å². The molecule has 3 heteroatoms. The number of aliphatic hydroxyl groups is 1. The molecule has 2 rings (SSSR count). The summed E-state index contributed by atoms with van der Waals surface area (Å²) in [5.41, 5.74) is 8.21. The van der Waals surface area contributed by atoms with Crippen LogP contribution in [0.4, 0.5) is 5.69 Å². The number of nitrogens with zero attached hydrogens (tertiary/aromatic N) is 1. The lowest BCUT2D eigenvalue weighted by atomic mass is 10.1. The molecule has 0 saturated heterocycles. The molecule has 0 amide bonds. The van der Waals surface area contributed by atoms with Crippen molar-refractivity contribution < 1.29 is 5.11 Å². The van der Waals surface area contributed by atoms with Crippen LogP contribution in [0, 0.1) is 0 Å². The first kappa shape index (κ1) is 12.3. The summed E-state index contributed by atoms with van der Waals surface area (Å²) in [6.07, 6.45) is 5.45. The highest BCUT2D eigenvalue weighted by molar-refractivity contribution is 5.63. The third-order valence-electron chi connectivity index (χ3n) is 2.68. The summed E-state index contributed by atoms with van der Waals surface area (Å²) in [6, 6.07) is 13.1. The minimum Gasteiger partial charge on any atom is -0.398 e. The summed E-state index contributed by atoms with van der Waals surface area (Å²) in [7, 11) is 0. The van der Waals surface area contributed by atoms with Crippen molar-refractivity contribution in [1.29, 1.82) is 0 Å². The monoisotopic (exact) mass is 240 g/mol. The zero-order valence-electron chi connectivity index (χ0n) is 10.0. The summed E-state index contributed by atoms with van der Waals surface area (Å²) < 4.78 is 0. The molecule has 1 heterocycles. The molecular weight excluding hydrogens is 224 g/mol. The van der Waals surface area contributed by atoms with Gasteiger partial charge in [-0.3, -0.25) is 4.98 Å². The fourth-order valence-corrected chi connectivity index (χ4v) is 1.68. The molecule has 1 aromatic heterocycles. The normalized spacial score (nSPS) is 12.7. The van der Waals surface area contributed by atoms with Gasteiger partial charge in [0.05, 0.1) is 11.8 Å². The molecular formula is C15H16N2O. The van der Waals surface area contributed by atoms with Gasteiger partial charge in [-0.05, 0) is 30.2 Å². The van der Waals surface area contributed by atoms with Crippen molar-refractivity contribution in [2.45, 2.75) is 12.5 Å². The van der Waals surface area contributed by atoms with E-state index in [1.54, 1.807) is 6.20 Å². The molecule has 0 aliphatic carbocycles. The number of nitrogens with two attached hydrogens (primary N) is 1. The first-order valence-corrected chi connectivity index (χ1v) is 5.87. The Labute approximate surface area is 107 Å². The van der Waals surface area contributed by atoms with E-state index in [1.165, 1.54) is 0 Å². The maximum absolute atomic E-state index is 9.92. The molecule has 1 unspecified atom stereocenters. The lowest BCUT2D eigenvalue weighted by molar-refractivity contribution is 0.177. The average molecular weight is 240 g/mol. The van der Waals surface area contributed by atoms with E-state index in [9.17, 15) is 5.11 Å². The summed E-state index contributed by atoms with van der Waals surface area (Å²) in [4.78, 5) is 4.11. The Morgan fingerprint density at radius 1 is 1.17 bits per heavy atom. The summed E-state index contributed by atoms with van der Waals surface area (Å²) in [5, 5.41) is 9.92. The highest BCUT2D eigenvalue weighted by Crippen LogP contribution is 2.17. The number of rotatable bonds is 4. The van der Waals surface area contributed by atoms with Crippen LogP contribution >= 0.6 is 0 Å². The fourth-order valence-electron chi connectivity index (χ4n) is 1.68. The number of anilines is 1. The average Bonchev–Trinajstić information content (AvgIpc) is 2.42. The highest BCUT2D eigenvalue weighted by atomic mass is 16.3. The van der Waals surface area contributed by atoms with Gasteiger partial charge < -0.3 is 10.8 Å². The van der Waals surface area contributed by atoms with Crippen molar-refractivity contribution in [3.63, 3.8) is 0 Å². The van der Waals surface area contributed by atoms with Crippen LogP contribution in [0.25, 0.3) is 6.08 Å². The molecule has 0 bridgehead atoms. The predicted molar refractivity (Wildman–Crippen MR) is 73.7 cm³/mol. The van der Waals surface area contributed by atoms with E-state index < -0.39 is 6.10 Å². The van der Waals surface area contributed by atoms with Gasteiger partial charge in [0.2, 0.25) is 0 Å². The largest absolute Gasteiger partial charge is 0.398 e. The van der Waals surface area contributed by atoms with Gasteiger partial charge in [0.1, 0.15) is 0 Å². The minimum atomic E-state index is -0.576. The maximum atomic E-state index is 9.92. The van der Waals surface area contributed by atoms with Gasteiger partial charge in [0.15, 0.2) is 0 Å². The van der Waals surface area contributed by atoms with Gasteiger partial charge in [0.25, 0.3) is 0 Å². The van der Waals surface area contributed by atoms with Gasteiger partial charge in [-0.1, -0.05) is 36.4 Å². The summed E-state index contributed by atoms with van der Waals surface area (Å²) >= 11 is 0. The Morgan fingerprint density at radius 2 is 1.94 bits per heavy atom. The van der Waals surface area contributed by atoms with Gasteiger partial charge in [-0.25, -0.2) is 0 Å². The number of para-hydroxylation sites is 1. The van der Waals surface area contributed by atoms with Gasteiger partial charge >= 0.3 is 0 Å². The van der Waals surface area contributed by atoms with Crippen LogP contribution in [0.2, 0.25) is 0 Å². The van der Waals surface area contributed by atoms with Gasteiger partial charge in [0, 0.05) is 11.9 Å². The molecule has 0 saturated carbocycles. The number of hydrogen-bond acceptors (Lipinski definition) is 3. The molecule has 18 heavy (non-hydrogen) atoms.